The molecule has 0 aromatic rings. The molecule has 2 aliphatic rings. The molecule has 0 aliphatic carbocycles. The van der Waals surface area contributed by atoms with Gasteiger partial charge in [-0.1, -0.05) is 0 Å². The fourth-order valence-corrected chi connectivity index (χ4v) is 2.63. The van der Waals surface area contributed by atoms with Gasteiger partial charge in [0, 0.05) is 31.3 Å². The van der Waals surface area contributed by atoms with Crippen LogP contribution in [0.25, 0.3) is 0 Å². The lowest BCUT2D eigenvalue weighted by atomic mass is 9.78. The number of nitrogens with zero attached hydrogens (tertiary/aromatic N) is 1. The second-order valence-electron chi connectivity index (χ2n) is 4.57. The van der Waals surface area contributed by atoms with Crippen LogP contribution in [-0.4, -0.2) is 41.2 Å². The van der Waals surface area contributed by atoms with Gasteiger partial charge in [0.2, 0.25) is 5.91 Å². The van der Waals surface area contributed by atoms with E-state index in [1.54, 1.807) is 0 Å². The van der Waals surface area contributed by atoms with Crippen LogP contribution in [0.2, 0.25) is 0 Å². The second kappa shape index (κ2) is 3.74. The highest BCUT2D eigenvalue weighted by Crippen LogP contribution is 2.32. The number of thiol groups is 1. The highest BCUT2D eigenvalue weighted by Gasteiger charge is 2.44. The lowest BCUT2D eigenvalue weighted by Gasteiger charge is -2.49. The van der Waals surface area contributed by atoms with E-state index in [1.165, 1.54) is 0 Å². The largest absolute Gasteiger partial charge is 0.350 e. The van der Waals surface area contributed by atoms with Gasteiger partial charge < -0.3 is 5.32 Å². The second-order valence-corrected chi connectivity index (χ2v) is 4.94. The van der Waals surface area contributed by atoms with E-state index < -0.39 is 0 Å². The van der Waals surface area contributed by atoms with Crippen molar-refractivity contribution in [1.82, 2.24) is 10.2 Å². The molecule has 0 aromatic heterocycles. The Morgan fingerprint density at radius 3 is 2.57 bits per heavy atom. The number of amides is 1. The summed E-state index contributed by atoms with van der Waals surface area (Å²) in [6.07, 6.45) is 2.96. The summed E-state index contributed by atoms with van der Waals surface area (Å²) in [4.78, 5) is 13.4. The number of carbonyl (C=O) groups excluding carboxylic acids is 1. The molecule has 0 radical (unpaired) electrons. The molecule has 3 nitrogen and oxygen atoms in total. The first-order valence-corrected chi connectivity index (χ1v) is 5.94. The van der Waals surface area contributed by atoms with E-state index >= 15 is 0 Å². The molecule has 1 spiro atoms. The number of hydrogen-bond donors (Lipinski definition) is 2. The average Bonchev–Trinajstić information content (AvgIpc) is 2.16. The average molecular weight is 214 g/mol. The number of rotatable bonds is 2. The minimum Gasteiger partial charge on any atom is -0.350 e. The zero-order chi connectivity index (χ0) is 10.2. The van der Waals surface area contributed by atoms with Gasteiger partial charge in [-0.25, -0.2) is 0 Å². The first-order chi connectivity index (χ1) is 6.65. The minimum absolute atomic E-state index is 0.171. The van der Waals surface area contributed by atoms with Gasteiger partial charge in [0.05, 0.1) is 5.54 Å². The Bertz CT molecular complexity index is 226. The van der Waals surface area contributed by atoms with Crippen molar-refractivity contribution < 1.29 is 4.79 Å². The molecule has 2 rings (SSSR count). The maximum Gasteiger partial charge on any atom is 0.222 e. The first-order valence-electron chi connectivity index (χ1n) is 5.31. The van der Waals surface area contributed by atoms with Crippen LogP contribution in [0.3, 0.4) is 0 Å². The molecule has 4 heteroatoms. The number of hydrogen-bond acceptors (Lipinski definition) is 3. The zero-order valence-electron chi connectivity index (χ0n) is 8.62. The Kier molecular flexibility index (Phi) is 2.75. The van der Waals surface area contributed by atoms with E-state index in [2.05, 4.69) is 29.8 Å². The van der Waals surface area contributed by atoms with Crippen molar-refractivity contribution >= 4 is 18.5 Å². The lowest BCUT2D eigenvalue weighted by Crippen LogP contribution is -2.65. The van der Waals surface area contributed by atoms with Gasteiger partial charge in [0.25, 0.3) is 0 Å². The maximum absolute atomic E-state index is 10.9. The van der Waals surface area contributed by atoms with Crippen LogP contribution in [0.15, 0.2) is 0 Å². The van der Waals surface area contributed by atoms with Crippen LogP contribution >= 0.6 is 12.6 Å². The van der Waals surface area contributed by atoms with Gasteiger partial charge in [-0.3, -0.25) is 9.69 Å². The molecule has 2 aliphatic heterocycles. The third-order valence-electron chi connectivity index (χ3n) is 3.55. The Balaban J connectivity index is 1.83. The standard InChI is InChI=1S/C10H18N2OS/c1-8(7-14)12-4-2-10(3-5-12)6-9(13)11-10/h8,14H,2-7H2,1H3,(H,11,13). The predicted molar refractivity (Wildman–Crippen MR) is 59.6 cm³/mol. The summed E-state index contributed by atoms with van der Waals surface area (Å²) in [6.45, 7) is 4.41. The third-order valence-corrected chi connectivity index (χ3v) is 4.07. The molecule has 14 heavy (non-hydrogen) atoms. The highest BCUT2D eigenvalue weighted by molar-refractivity contribution is 7.80. The van der Waals surface area contributed by atoms with Crippen LogP contribution in [0, 0.1) is 0 Å². The number of carbonyl (C=O) groups is 1. The van der Waals surface area contributed by atoms with E-state index in [9.17, 15) is 4.79 Å². The summed E-state index contributed by atoms with van der Waals surface area (Å²) >= 11 is 4.31. The van der Waals surface area contributed by atoms with Crippen molar-refractivity contribution in [3.8, 4) is 0 Å². The highest BCUT2D eigenvalue weighted by atomic mass is 32.1. The summed E-state index contributed by atoms with van der Waals surface area (Å²) in [5.74, 6) is 1.14. The Morgan fingerprint density at radius 1 is 1.57 bits per heavy atom. The third kappa shape index (κ3) is 1.77. The molecule has 1 N–H and O–H groups in total. The minimum atomic E-state index is 0.171. The molecular formula is C10H18N2OS. The van der Waals surface area contributed by atoms with Gasteiger partial charge in [-0.15, -0.1) is 0 Å². The molecule has 2 fully saturated rings. The van der Waals surface area contributed by atoms with Crippen molar-refractivity contribution in [2.75, 3.05) is 18.8 Å². The molecule has 0 aromatic carbocycles. The summed E-state index contributed by atoms with van der Waals surface area (Å²) in [5.41, 5.74) is 0.171. The molecule has 1 unspecified atom stereocenters. The number of likely N-dealkylation sites (tertiary alicyclic amines) is 1. The van der Waals surface area contributed by atoms with Crippen LogP contribution in [-0.2, 0) is 4.79 Å². The number of β-lactam (4-membered cyclic amide) rings is 1. The number of nitrogens with one attached hydrogen (secondary N) is 1. The van der Waals surface area contributed by atoms with Crippen molar-refractivity contribution in [3.05, 3.63) is 0 Å². The van der Waals surface area contributed by atoms with E-state index in [1.807, 2.05) is 0 Å². The molecule has 80 valence electrons. The summed E-state index contributed by atoms with van der Waals surface area (Å²) in [6, 6.07) is 0.562. The molecule has 1 amide bonds. The first kappa shape index (κ1) is 10.3. The van der Waals surface area contributed by atoms with E-state index in [0.29, 0.717) is 6.04 Å². The molecule has 2 saturated heterocycles. The van der Waals surface area contributed by atoms with Crippen molar-refractivity contribution in [2.24, 2.45) is 0 Å². The normalized spacial score (nSPS) is 28.3. The van der Waals surface area contributed by atoms with Gasteiger partial charge >= 0.3 is 0 Å². The van der Waals surface area contributed by atoms with E-state index in [4.69, 9.17) is 0 Å². The molecular weight excluding hydrogens is 196 g/mol. The Hall–Kier alpha value is -0.220. The van der Waals surface area contributed by atoms with Gasteiger partial charge in [-0.05, 0) is 19.8 Å². The van der Waals surface area contributed by atoms with Crippen molar-refractivity contribution in [2.45, 2.75) is 37.8 Å². The van der Waals surface area contributed by atoms with Crippen LogP contribution in [0.4, 0.5) is 0 Å². The molecule has 1 atom stereocenters. The SMILES string of the molecule is CC(CS)N1CCC2(CC1)CC(=O)N2. The Labute approximate surface area is 90.6 Å². The van der Waals surface area contributed by atoms with Crippen LogP contribution < -0.4 is 5.32 Å². The van der Waals surface area contributed by atoms with Crippen LogP contribution in [0.1, 0.15) is 26.2 Å². The predicted octanol–water partition coefficient (Wildman–Crippen LogP) is 0.659. The maximum atomic E-state index is 10.9. The van der Waals surface area contributed by atoms with Gasteiger partial charge in [0.15, 0.2) is 0 Å². The van der Waals surface area contributed by atoms with Gasteiger partial charge in [-0.2, -0.15) is 12.6 Å². The number of piperidine rings is 1. The molecule has 0 saturated carbocycles. The summed E-state index contributed by atoms with van der Waals surface area (Å²) in [7, 11) is 0. The quantitative estimate of drug-likeness (QED) is 0.523. The van der Waals surface area contributed by atoms with Gasteiger partial charge in [0.1, 0.15) is 0 Å². The fourth-order valence-electron chi connectivity index (χ4n) is 2.39. The molecule has 0 bridgehead atoms. The smallest absolute Gasteiger partial charge is 0.222 e. The molecule has 2 heterocycles. The lowest BCUT2D eigenvalue weighted by molar-refractivity contribution is -0.135. The fraction of sp³-hybridized carbons (Fsp3) is 0.900. The van der Waals surface area contributed by atoms with E-state index in [-0.39, 0.29) is 11.4 Å². The van der Waals surface area contributed by atoms with Crippen LogP contribution in [0.5, 0.6) is 0 Å². The van der Waals surface area contributed by atoms with E-state index in [0.717, 1.165) is 38.1 Å². The zero-order valence-corrected chi connectivity index (χ0v) is 9.52. The topological polar surface area (TPSA) is 32.3 Å². The van der Waals surface area contributed by atoms with Crippen molar-refractivity contribution in [3.63, 3.8) is 0 Å². The van der Waals surface area contributed by atoms with Crippen molar-refractivity contribution in [1.29, 1.82) is 0 Å². The summed E-state index contributed by atoms with van der Waals surface area (Å²) < 4.78 is 0. The summed E-state index contributed by atoms with van der Waals surface area (Å²) in [5, 5.41) is 3.05. The Morgan fingerprint density at radius 2 is 2.14 bits per heavy atom. The monoisotopic (exact) mass is 214 g/mol.